The van der Waals surface area contributed by atoms with E-state index in [0.717, 1.165) is 25.8 Å². The van der Waals surface area contributed by atoms with Gasteiger partial charge in [0.05, 0.1) is 0 Å². The molecule has 1 aromatic rings. The molecule has 22 heavy (non-hydrogen) atoms. The van der Waals surface area contributed by atoms with Gasteiger partial charge in [0.25, 0.3) is 0 Å². The lowest BCUT2D eigenvalue weighted by atomic mass is 10.0. The molecular weight excluding hydrogens is 300 g/mol. The monoisotopic (exact) mass is 324 g/mol. The summed E-state index contributed by atoms with van der Waals surface area (Å²) in [6.45, 7) is 3.37. The van der Waals surface area contributed by atoms with Gasteiger partial charge in [0.15, 0.2) is 5.78 Å². The minimum atomic E-state index is 0. The molecular formula is C17H25ClN2O2. The highest BCUT2D eigenvalue weighted by molar-refractivity contribution is 5.98. The lowest BCUT2D eigenvalue weighted by molar-refractivity contribution is -0.131. The normalized spacial score (nSPS) is 17.2. The van der Waals surface area contributed by atoms with Crippen molar-refractivity contribution in [3.05, 3.63) is 35.4 Å². The van der Waals surface area contributed by atoms with Crippen molar-refractivity contribution in [2.75, 3.05) is 13.1 Å². The summed E-state index contributed by atoms with van der Waals surface area (Å²) in [5.74, 6) is 0.0935. The highest BCUT2D eigenvalue weighted by Gasteiger charge is 2.27. The van der Waals surface area contributed by atoms with E-state index in [9.17, 15) is 9.59 Å². The van der Waals surface area contributed by atoms with Crippen LogP contribution < -0.4 is 5.73 Å². The molecule has 1 amide bonds. The summed E-state index contributed by atoms with van der Waals surface area (Å²) in [5.41, 5.74) is 7.58. The van der Waals surface area contributed by atoms with Crippen LogP contribution in [0.2, 0.25) is 0 Å². The van der Waals surface area contributed by atoms with Crippen molar-refractivity contribution in [2.45, 2.75) is 45.1 Å². The molecule has 0 bridgehead atoms. The zero-order valence-corrected chi connectivity index (χ0v) is 13.9. The summed E-state index contributed by atoms with van der Waals surface area (Å²) in [4.78, 5) is 26.1. The van der Waals surface area contributed by atoms with Crippen molar-refractivity contribution in [1.29, 1.82) is 0 Å². The first kappa shape index (κ1) is 18.7. The first-order chi connectivity index (χ1) is 10.2. The molecule has 1 fully saturated rings. The number of hydrogen-bond acceptors (Lipinski definition) is 3. The number of aryl methyl sites for hydroxylation is 1. The Morgan fingerprint density at radius 3 is 2.50 bits per heavy atom. The molecule has 0 spiro atoms. The Balaban J connectivity index is 0.00000242. The Labute approximate surface area is 138 Å². The summed E-state index contributed by atoms with van der Waals surface area (Å²) >= 11 is 0. The van der Waals surface area contributed by atoms with Crippen molar-refractivity contribution < 1.29 is 9.59 Å². The fraction of sp³-hybridized carbons (Fsp3) is 0.529. The molecule has 5 heteroatoms. The summed E-state index contributed by atoms with van der Waals surface area (Å²) in [6, 6.07) is 7.81. The second-order valence-corrected chi connectivity index (χ2v) is 5.59. The van der Waals surface area contributed by atoms with Crippen LogP contribution in [0, 0.1) is 0 Å². The van der Waals surface area contributed by atoms with E-state index in [4.69, 9.17) is 5.73 Å². The lowest BCUT2D eigenvalue weighted by Gasteiger charge is -2.23. The van der Waals surface area contributed by atoms with Crippen LogP contribution in [-0.4, -0.2) is 35.7 Å². The van der Waals surface area contributed by atoms with Gasteiger partial charge in [-0.3, -0.25) is 9.59 Å². The first-order valence-corrected chi connectivity index (χ1v) is 7.77. The Bertz CT molecular complexity index is 502. The lowest BCUT2D eigenvalue weighted by Crippen LogP contribution is -2.39. The van der Waals surface area contributed by atoms with Gasteiger partial charge in [0.2, 0.25) is 5.91 Å². The molecule has 0 radical (unpaired) electrons. The van der Waals surface area contributed by atoms with Crippen molar-refractivity contribution >= 4 is 24.1 Å². The summed E-state index contributed by atoms with van der Waals surface area (Å²) in [6.07, 6.45) is 3.51. The number of likely N-dealkylation sites (tertiary alicyclic amines) is 1. The van der Waals surface area contributed by atoms with E-state index in [1.165, 1.54) is 5.56 Å². The molecule has 122 valence electrons. The smallest absolute Gasteiger partial charge is 0.223 e. The average Bonchev–Trinajstić information content (AvgIpc) is 3.01. The van der Waals surface area contributed by atoms with Crippen molar-refractivity contribution in [2.24, 2.45) is 5.73 Å². The van der Waals surface area contributed by atoms with Crippen LogP contribution in [0.25, 0.3) is 0 Å². The number of rotatable bonds is 6. The van der Waals surface area contributed by atoms with E-state index in [-0.39, 0.29) is 43.0 Å². The van der Waals surface area contributed by atoms with Crippen molar-refractivity contribution in [3.8, 4) is 0 Å². The molecule has 2 rings (SSSR count). The van der Waals surface area contributed by atoms with Gasteiger partial charge in [-0.15, -0.1) is 12.4 Å². The van der Waals surface area contributed by atoms with E-state index in [1.54, 1.807) is 0 Å². The topological polar surface area (TPSA) is 63.4 Å². The molecule has 0 aliphatic carbocycles. The third kappa shape index (κ3) is 4.55. The van der Waals surface area contributed by atoms with Crippen LogP contribution in [0.5, 0.6) is 0 Å². The van der Waals surface area contributed by atoms with Gasteiger partial charge >= 0.3 is 0 Å². The number of carbonyl (C=O) groups excluding carboxylic acids is 2. The maximum atomic E-state index is 12.2. The van der Waals surface area contributed by atoms with E-state index in [2.05, 4.69) is 6.92 Å². The minimum absolute atomic E-state index is 0. The van der Waals surface area contributed by atoms with E-state index >= 15 is 0 Å². The Morgan fingerprint density at radius 1 is 1.23 bits per heavy atom. The van der Waals surface area contributed by atoms with E-state index < -0.39 is 0 Å². The van der Waals surface area contributed by atoms with Crippen LogP contribution in [0.4, 0.5) is 0 Å². The van der Waals surface area contributed by atoms with Crippen LogP contribution in [0.3, 0.4) is 0 Å². The number of benzene rings is 1. The molecule has 0 saturated carbocycles. The van der Waals surface area contributed by atoms with Gasteiger partial charge in [-0.1, -0.05) is 31.2 Å². The molecule has 1 aromatic carbocycles. The summed E-state index contributed by atoms with van der Waals surface area (Å²) < 4.78 is 0. The standard InChI is InChI=1S/C17H24N2O2.ClH/c1-2-13-5-7-14(8-6-13)16(20)9-10-17(21)19-11-3-4-15(19)12-18;/h5-8,15H,2-4,9-12,18H2,1H3;1H. The molecule has 1 heterocycles. The van der Waals surface area contributed by atoms with Crippen LogP contribution in [0.1, 0.15) is 48.5 Å². The van der Waals surface area contributed by atoms with Gasteiger partial charge in [-0.25, -0.2) is 0 Å². The largest absolute Gasteiger partial charge is 0.338 e. The Hall–Kier alpha value is -1.39. The number of amides is 1. The van der Waals surface area contributed by atoms with Crippen LogP contribution in [0.15, 0.2) is 24.3 Å². The molecule has 1 saturated heterocycles. The number of nitrogens with two attached hydrogens (primary N) is 1. The first-order valence-electron chi connectivity index (χ1n) is 7.77. The second kappa shape index (κ2) is 8.91. The minimum Gasteiger partial charge on any atom is -0.338 e. The fourth-order valence-corrected chi connectivity index (χ4v) is 2.84. The maximum absolute atomic E-state index is 12.2. The molecule has 1 unspecified atom stereocenters. The van der Waals surface area contributed by atoms with Gasteiger partial charge in [0, 0.05) is 37.5 Å². The predicted octanol–water partition coefficient (Wildman–Crippen LogP) is 2.58. The third-order valence-electron chi connectivity index (χ3n) is 4.22. The predicted molar refractivity (Wildman–Crippen MR) is 90.4 cm³/mol. The van der Waals surface area contributed by atoms with Crippen LogP contribution >= 0.6 is 12.4 Å². The highest BCUT2D eigenvalue weighted by Crippen LogP contribution is 2.18. The summed E-state index contributed by atoms with van der Waals surface area (Å²) in [7, 11) is 0. The SMILES string of the molecule is CCc1ccc(C(=O)CCC(=O)N2CCCC2CN)cc1.Cl. The number of nitrogens with zero attached hydrogens (tertiary/aromatic N) is 1. The maximum Gasteiger partial charge on any atom is 0.223 e. The summed E-state index contributed by atoms with van der Waals surface area (Å²) in [5, 5.41) is 0. The van der Waals surface area contributed by atoms with E-state index in [0.29, 0.717) is 12.1 Å². The molecule has 4 nitrogen and oxygen atoms in total. The highest BCUT2D eigenvalue weighted by atomic mass is 35.5. The Morgan fingerprint density at radius 2 is 1.91 bits per heavy atom. The molecule has 2 N–H and O–H groups in total. The van der Waals surface area contributed by atoms with Gasteiger partial charge < -0.3 is 10.6 Å². The number of ketones is 1. The van der Waals surface area contributed by atoms with Gasteiger partial charge in [-0.2, -0.15) is 0 Å². The fourth-order valence-electron chi connectivity index (χ4n) is 2.84. The number of halogens is 1. The second-order valence-electron chi connectivity index (χ2n) is 5.59. The molecule has 1 aliphatic heterocycles. The Kier molecular flexibility index (Phi) is 7.56. The van der Waals surface area contributed by atoms with Crippen molar-refractivity contribution in [3.63, 3.8) is 0 Å². The molecule has 0 aromatic heterocycles. The quantitative estimate of drug-likeness (QED) is 0.818. The third-order valence-corrected chi connectivity index (χ3v) is 4.22. The molecule has 1 aliphatic rings. The molecule has 1 atom stereocenters. The number of Topliss-reactive ketones (excluding diaryl/α,β-unsaturated/α-hetero) is 1. The van der Waals surface area contributed by atoms with Gasteiger partial charge in [0.1, 0.15) is 0 Å². The number of hydrogen-bond donors (Lipinski definition) is 1. The zero-order chi connectivity index (χ0) is 15.2. The average molecular weight is 325 g/mol. The number of carbonyl (C=O) groups is 2. The van der Waals surface area contributed by atoms with Gasteiger partial charge in [-0.05, 0) is 24.8 Å². The van der Waals surface area contributed by atoms with E-state index in [1.807, 2.05) is 29.2 Å². The van der Waals surface area contributed by atoms with Crippen LogP contribution in [-0.2, 0) is 11.2 Å². The zero-order valence-electron chi connectivity index (χ0n) is 13.1. The van der Waals surface area contributed by atoms with Crippen molar-refractivity contribution in [1.82, 2.24) is 4.90 Å².